The molecule has 0 spiro atoms. The maximum Gasteiger partial charge on any atom is 1.00 e. The van der Waals surface area contributed by atoms with E-state index in [1.165, 1.54) is 11.0 Å². The Hall–Kier alpha value is -1.22. The molecule has 118 valence electrons. The number of hydrogen-bond acceptors (Lipinski definition) is 5. The first kappa shape index (κ1) is 19.1. The second-order valence-electron chi connectivity index (χ2n) is 4.94. The van der Waals surface area contributed by atoms with Crippen LogP contribution >= 0.6 is 11.6 Å². The summed E-state index contributed by atoms with van der Waals surface area (Å²) in [6.07, 6.45) is 0. The van der Waals surface area contributed by atoms with Crippen molar-refractivity contribution >= 4 is 39.1 Å². The zero-order valence-electron chi connectivity index (χ0n) is 12.5. The second-order valence-corrected chi connectivity index (χ2v) is 6.73. The van der Waals surface area contributed by atoms with Crippen LogP contribution in [0.25, 0.3) is 0 Å². The van der Waals surface area contributed by atoms with E-state index in [4.69, 9.17) is 11.6 Å². The van der Waals surface area contributed by atoms with Crippen LogP contribution in [-0.4, -0.2) is 24.7 Å². The number of hydrogen-bond donors (Lipinski definition) is 0. The molecule has 0 aliphatic carbocycles. The largest absolute Gasteiger partial charge is 1.00 e. The Kier molecular flexibility index (Phi) is 5.54. The van der Waals surface area contributed by atoms with Gasteiger partial charge in [0, 0.05) is 5.02 Å². The number of ketones is 1. The van der Waals surface area contributed by atoms with Crippen molar-refractivity contribution in [1.82, 2.24) is 0 Å². The molecule has 0 unspecified atom stereocenters. The van der Waals surface area contributed by atoms with E-state index in [1.807, 2.05) is 0 Å². The number of amides is 1. The summed E-state index contributed by atoms with van der Waals surface area (Å²) in [5.41, 5.74) is 0.801. The molecule has 0 atom stereocenters. The van der Waals surface area contributed by atoms with Crippen molar-refractivity contribution in [2.75, 3.05) is 4.90 Å². The third-order valence-corrected chi connectivity index (χ3v) is 4.72. The van der Waals surface area contributed by atoms with Crippen LogP contribution in [-0.2, 0) is 21.5 Å². The molecule has 0 saturated carbocycles. The van der Waals surface area contributed by atoms with Crippen LogP contribution in [0, 0.1) is 0 Å². The van der Waals surface area contributed by atoms with E-state index in [2.05, 4.69) is 0 Å². The molecule has 3 rings (SSSR count). The molecule has 24 heavy (non-hydrogen) atoms. The van der Waals surface area contributed by atoms with Crippen molar-refractivity contribution in [3.63, 3.8) is 0 Å². The van der Waals surface area contributed by atoms with Crippen molar-refractivity contribution in [2.24, 2.45) is 0 Å². The second kappa shape index (κ2) is 6.95. The fourth-order valence-electron chi connectivity index (χ4n) is 2.39. The molecule has 1 heterocycles. The van der Waals surface area contributed by atoms with E-state index in [0.717, 1.165) is 12.1 Å². The number of anilines is 1. The summed E-state index contributed by atoms with van der Waals surface area (Å²) >= 11 is 6.06. The molecule has 9 heteroatoms. The number of Topliss-reactive ketones (excluding diaryl/α,β-unsaturated/α-hetero) is 1. The van der Waals surface area contributed by atoms with Gasteiger partial charge in [0.1, 0.15) is 10.1 Å². The van der Waals surface area contributed by atoms with Crippen molar-refractivity contribution < 1.29 is 52.1 Å². The summed E-state index contributed by atoms with van der Waals surface area (Å²) in [4.78, 5) is 24.8. The van der Waals surface area contributed by atoms with E-state index in [9.17, 15) is 22.6 Å². The molecule has 2 aromatic carbocycles. The van der Waals surface area contributed by atoms with Gasteiger partial charge in [0.05, 0.1) is 22.7 Å². The smallest absolute Gasteiger partial charge is 0.744 e. The van der Waals surface area contributed by atoms with Crippen LogP contribution in [0.3, 0.4) is 0 Å². The van der Waals surface area contributed by atoms with Gasteiger partial charge in [-0.1, -0.05) is 29.8 Å². The van der Waals surface area contributed by atoms with E-state index >= 15 is 0 Å². The summed E-state index contributed by atoms with van der Waals surface area (Å²) in [6.45, 7) is 0.0702. The zero-order chi connectivity index (χ0) is 16.8. The van der Waals surface area contributed by atoms with Crippen LogP contribution in [0.4, 0.5) is 5.69 Å². The Balaban J connectivity index is 0.00000208. The number of halogens is 1. The number of benzene rings is 2. The Morgan fingerprint density at radius 2 is 1.75 bits per heavy atom. The molecule has 0 N–H and O–H groups in total. The summed E-state index contributed by atoms with van der Waals surface area (Å²) in [5.74, 6) is -1.64. The van der Waals surface area contributed by atoms with Gasteiger partial charge in [-0.2, -0.15) is 0 Å². The summed E-state index contributed by atoms with van der Waals surface area (Å²) in [5, 5.41) is 0.444. The molecule has 0 radical (unpaired) electrons. The zero-order valence-corrected chi connectivity index (χ0v) is 16.1. The van der Waals surface area contributed by atoms with Crippen LogP contribution in [0.1, 0.15) is 15.9 Å². The van der Waals surface area contributed by atoms with Crippen molar-refractivity contribution in [1.29, 1.82) is 0 Å². The van der Waals surface area contributed by atoms with Crippen molar-refractivity contribution in [3.05, 3.63) is 58.6 Å². The number of carbonyl (C=O) groups is 2. The van der Waals surface area contributed by atoms with Crippen molar-refractivity contribution in [3.8, 4) is 0 Å². The van der Waals surface area contributed by atoms with Gasteiger partial charge in [0.25, 0.3) is 11.7 Å². The van der Waals surface area contributed by atoms with Gasteiger partial charge < -0.3 is 9.45 Å². The van der Waals surface area contributed by atoms with Crippen LogP contribution < -0.4 is 34.5 Å². The minimum atomic E-state index is -4.70. The number of fused-ring (bicyclic) bond motifs is 1. The monoisotopic (exact) mass is 373 g/mol. The average molecular weight is 374 g/mol. The van der Waals surface area contributed by atoms with E-state index in [-0.39, 0.29) is 47.4 Å². The molecule has 1 amide bonds. The Bertz CT molecular complexity index is 945. The van der Waals surface area contributed by atoms with Gasteiger partial charge >= 0.3 is 29.6 Å². The first-order valence-electron chi connectivity index (χ1n) is 6.48. The van der Waals surface area contributed by atoms with E-state index in [0.29, 0.717) is 10.6 Å². The first-order chi connectivity index (χ1) is 10.8. The SMILES string of the molecule is O=C1C(=O)N(Cc2ccccc2Cl)c2ccc(S(=O)(=O)[O-])cc21.[Na+]. The molecular formula is C15H9ClNNaO5S. The topological polar surface area (TPSA) is 94.6 Å². The fraction of sp³-hybridized carbons (Fsp3) is 0.0667. The Morgan fingerprint density at radius 3 is 2.38 bits per heavy atom. The number of carbonyl (C=O) groups excluding carboxylic acids is 2. The molecule has 0 saturated heterocycles. The van der Waals surface area contributed by atoms with E-state index < -0.39 is 26.7 Å². The van der Waals surface area contributed by atoms with Gasteiger partial charge in [-0.25, -0.2) is 8.42 Å². The van der Waals surface area contributed by atoms with Crippen LogP contribution in [0.2, 0.25) is 5.02 Å². The average Bonchev–Trinajstić information content (AvgIpc) is 2.73. The predicted molar refractivity (Wildman–Crippen MR) is 81.4 cm³/mol. The van der Waals surface area contributed by atoms with Gasteiger partial charge in [-0.15, -0.1) is 0 Å². The van der Waals surface area contributed by atoms with Gasteiger partial charge in [0.2, 0.25) is 0 Å². The first-order valence-corrected chi connectivity index (χ1v) is 8.27. The van der Waals surface area contributed by atoms with Gasteiger partial charge in [-0.05, 0) is 29.8 Å². The summed E-state index contributed by atoms with van der Waals surface area (Å²) in [7, 11) is -4.70. The van der Waals surface area contributed by atoms with Crippen LogP contribution in [0.5, 0.6) is 0 Å². The molecule has 1 aliphatic heterocycles. The minimum Gasteiger partial charge on any atom is -0.744 e. The third kappa shape index (κ3) is 3.42. The molecule has 2 aromatic rings. The van der Waals surface area contributed by atoms with E-state index in [1.54, 1.807) is 24.3 Å². The molecule has 0 aromatic heterocycles. The van der Waals surface area contributed by atoms with Gasteiger partial charge in [0.15, 0.2) is 0 Å². The summed E-state index contributed by atoms with van der Waals surface area (Å²) in [6, 6.07) is 10.2. The standard InChI is InChI=1S/C15H10ClNO5S.Na/c16-12-4-2-1-3-9(12)8-17-13-6-5-10(23(20,21)22)7-11(13)14(18)15(17)19;/h1-7H,8H2,(H,20,21,22);/q;+1/p-1. The van der Waals surface area contributed by atoms with Crippen LogP contribution in [0.15, 0.2) is 47.4 Å². The third-order valence-electron chi connectivity index (χ3n) is 3.52. The minimum absolute atomic E-state index is 0. The molecule has 1 aliphatic rings. The quantitative estimate of drug-likeness (QED) is 0.390. The normalized spacial score (nSPS) is 13.7. The maximum absolute atomic E-state index is 12.1. The van der Waals surface area contributed by atoms with Crippen molar-refractivity contribution in [2.45, 2.75) is 11.4 Å². The molecular weight excluding hydrogens is 365 g/mol. The molecule has 6 nitrogen and oxygen atoms in total. The van der Waals surface area contributed by atoms with Gasteiger partial charge in [-0.3, -0.25) is 9.59 Å². The Labute approximate surface area is 165 Å². The predicted octanol–water partition coefficient (Wildman–Crippen LogP) is -1.02. The fourth-order valence-corrected chi connectivity index (χ4v) is 3.08. The maximum atomic E-state index is 12.1. The number of nitrogens with zero attached hydrogens (tertiary/aromatic N) is 1. The Morgan fingerprint density at radius 1 is 1.08 bits per heavy atom. The summed E-state index contributed by atoms with van der Waals surface area (Å²) < 4.78 is 33.2. The molecule has 0 fully saturated rings. The number of rotatable bonds is 3. The molecule has 0 bridgehead atoms.